The molecule has 0 amide bonds. The first-order chi connectivity index (χ1) is 21.6. The molecule has 6 aliphatic rings. The Hall–Kier alpha value is -2.14. The van der Waals surface area contributed by atoms with E-state index < -0.39 is 0 Å². The van der Waals surface area contributed by atoms with E-state index >= 15 is 0 Å². The van der Waals surface area contributed by atoms with Crippen molar-refractivity contribution < 1.29 is 9.47 Å². The first kappa shape index (κ1) is 28.1. The minimum absolute atomic E-state index is 0.454. The minimum Gasteiger partial charge on any atom is -0.377 e. The lowest BCUT2D eigenvalue weighted by Gasteiger charge is -2.51. The van der Waals surface area contributed by atoms with Crippen molar-refractivity contribution in [1.29, 1.82) is 0 Å². The van der Waals surface area contributed by atoms with Crippen LogP contribution in [0.4, 0.5) is 0 Å². The van der Waals surface area contributed by atoms with Gasteiger partial charge in [0.1, 0.15) is 0 Å². The molecule has 44 heavy (non-hydrogen) atoms. The molecule has 0 radical (unpaired) electrons. The number of benzene rings is 2. The van der Waals surface area contributed by atoms with E-state index in [0.29, 0.717) is 24.4 Å². The summed E-state index contributed by atoms with van der Waals surface area (Å²) in [6.07, 6.45) is 5.52. The standard InChI is InChI=1S/2C17H20ClN3O/c2*18-11-1-2-12-13-3-6-21-15(17(13)19-14(12)9-11)4-5-20-7-8-22-10-16(20)21/h2*1-2,9,15-16,19H,3-8,10H2/t2*15-,16-/m10/s1. The second-order valence-electron chi connectivity index (χ2n) is 13.2. The number of ether oxygens (including phenoxy) is 2. The number of morpholine rings is 2. The molecule has 4 aromatic rings. The van der Waals surface area contributed by atoms with E-state index in [2.05, 4.69) is 53.8 Å². The van der Waals surface area contributed by atoms with Gasteiger partial charge >= 0.3 is 0 Å². The Kier molecular flexibility index (Phi) is 7.21. The van der Waals surface area contributed by atoms with Gasteiger partial charge in [-0.15, -0.1) is 0 Å². The average Bonchev–Trinajstić information content (AvgIpc) is 3.62. The van der Waals surface area contributed by atoms with Crippen LogP contribution in [-0.4, -0.2) is 108 Å². The monoisotopic (exact) mass is 634 g/mol. The predicted molar refractivity (Wildman–Crippen MR) is 175 cm³/mol. The molecule has 10 heteroatoms. The molecule has 4 fully saturated rings. The molecule has 2 N–H and O–H groups in total. The number of fused-ring (bicyclic) bond motifs is 14. The Labute approximate surface area is 268 Å². The lowest BCUT2D eigenvalue weighted by Crippen LogP contribution is -2.61. The van der Waals surface area contributed by atoms with Crippen molar-refractivity contribution in [3.63, 3.8) is 0 Å². The Bertz CT molecular complexity index is 1580. The van der Waals surface area contributed by atoms with Gasteiger partial charge in [0.05, 0.1) is 50.8 Å². The average molecular weight is 636 g/mol. The molecule has 8 nitrogen and oxygen atoms in total. The third-order valence-corrected chi connectivity index (χ3v) is 11.5. The number of aromatic amines is 2. The lowest BCUT2D eigenvalue weighted by atomic mass is 9.92. The number of hydrogen-bond donors (Lipinski definition) is 2. The van der Waals surface area contributed by atoms with Gasteiger partial charge in [-0.25, -0.2) is 0 Å². The van der Waals surface area contributed by atoms with Gasteiger partial charge in [-0.3, -0.25) is 19.6 Å². The van der Waals surface area contributed by atoms with Gasteiger partial charge in [-0.1, -0.05) is 35.3 Å². The van der Waals surface area contributed by atoms with Crippen molar-refractivity contribution in [2.45, 2.75) is 50.1 Å². The van der Waals surface area contributed by atoms with Crippen LogP contribution in [0.25, 0.3) is 21.8 Å². The van der Waals surface area contributed by atoms with E-state index in [9.17, 15) is 0 Å². The van der Waals surface area contributed by atoms with Crippen molar-refractivity contribution >= 4 is 45.0 Å². The number of halogens is 2. The smallest absolute Gasteiger partial charge is 0.0870 e. The number of nitrogens with zero attached hydrogens (tertiary/aromatic N) is 4. The number of aromatic nitrogens is 2. The van der Waals surface area contributed by atoms with Crippen LogP contribution < -0.4 is 0 Å². The van der Waals surface area contributed by atoms with Crippen LogP contribution in [0.1, 0.15) is 47.4 Å². The summed E-state index contributed by atoms with van der Waals surface area (Å²) in [4.78, 5) is 17.8. The normalized spacial score (nSPS) is 29.1. The topological polar surface area (TPSA) is 63.0 Å². The number of hydrogen-bond acceptors (Lipinski definition) is 6. The lowest BCUT2D eigenvalue weighted by molar-refractivity contribution is -0.120. The first-order valence-corrected chi connectivity index (χ1v) is 17.1. The second-order valence-corrected chi connectivity index (χ2v) is 14.1. The van der Waals surface area contributed by atoms with Crippen molar-refractivity contribution in [1.82, 2.24) is 29.6 Å². The Morgan fingerprint density at radius 3 is 1.57 bits per heavy atom. The van der Waals surface area contributed by atoms with E-state index in [-0.39, 0.29) is 0 Å². The zero-order valence-corrected chi connectivity index (χ0v) is 26.5. The molecule has 232 valence electrons. The van der Waals surface area contributed by atoms with Crippen LogP contribution >= 0.6 is 23.2 Å². The van der Waals surface area contributed by atoms with Crippen LogP contribution in [0, 0.1) is 0 Å². The van der Waals surface area contributed by atoms with E-state index in [0.717, 1.165) is 75.5 Å². The first-order valence-electron chi connectivity index (χ1n) is 16.4. The van der Waals surface area contributed by atoms with E-state index in [4.69, 9.17) is 32.7 Å². The van der Waals surface area contributed by atoms with Crippen molar-refractivity contribution in [2.75, 3.05) is 65.7 Å². The molecular weight excluding hydrogens is 595 g/mol. The summed E-state index contributed by atoms with van der Waals surface area (Å²) >= 11 is 12.3. The van der Waals surface area contributed by atoms with Gasteiger partial charge in [0.15, 0.2) is 0 Å². The summed E-state index contributed by atoms with van der Waals surface area (Å²) in [6, 6.07) is 13.4. The molecule has 10 rings (SSSR count). The number of rotatable bonds is 0. The quantitative estimate of drug-likeness (QED) is 0.264. The number of H-pyrrole nitrogens is 2. The highest BCUT2D eigenvalue weighted by Gasteiger charge is 2.43. The Balaban J connectivity index is 0.000000123. The highest BCUT2D eigenvalue weighted by atomic mass is 35.5. The summed E-state index contributed by atoms with van der Waals surface area (Å²) in [5, 5.41) is 4.31. The van der Waals surface area contributed by atoms with Crippen molar-refractivity contribution in [3.8, 4) is 0 Å². The molecule has 0 unspecified atom stereocenters. The SMILES string of the molecule is Clc1ccc2c3c([nH]c2c1)[C@@H]1CCN2CCOC[C@@H]2N1CC3.Clc1ccc2c3c([nH]c2c1)[C@H]1CCN2CCOC[C@H]2N1CC3. The molecule has 0 saturated carbocycles. The third-order valence-electron chi connectivity index (χ3n) is 11.1. The summed E-state index contributed by atoms with van der Waals surface area (Å²) < 4.78 is 11.5. The van der Waals surface area contributed by atoms with E-state index in [1.165, 1.54) is 70.3 Å². The van der Waals surface area contributed by atoms with Gasteiger partial charge in [0.2, 0.25) is 0 Å². The Morgan fingerprint density at radius 2 is 1.09 bits per heavy atom. The largest absolute Gasteiger partial charge is 0.377 e. The Morgan fingerprint density at radius 1 is 0.614 bits per heavy atom. The van der Waals surface area contributed by atoms with Crippen LogP contribution in [0.15, 0.2) is 36.4 Å². The van der Waals surface area contributed by atoms with Crippen LogP contribution in [0.2, 0.25) is 10.0 Å². The third kappa shape index (κ3) is 4.64. The maximum Gasteiger partial charge on any atom is 0.0870 e. The summed E-state index contributed by atoms with van der Waals surface area (Å²) in [5.74, 6) is 0. The van der Waals surface area contributed by atoms with Crippen LogP contribution in [0.3, 0.4) is 0 Å². The zero-order valence-electron chi connectivity index (χ0n) is 25.0. The fourth-order valence-corrected chi connectivity index (χ4v) is 9.37. The van der Waals surface area contributed by atoms with Crippen LogP contribution in [0.5, 0.6) is 0 Å². The van der Waals surface area contributed by atoms with Gasteiger partial charge in [-0.2, -0.15) is 0 Å². The fourth-order valence-electron chi connectivity index (χ4n) is 9.02. The van der Waals surface area contributed by atoms with Gasteiger partial charge < -0.3 is 19.4 Å². The predicted octanol–water partition coefficient (Wildman–Crippen LogP) is 5.57. The van der Waals surface area contributed by atoms with Crippen molar-refractivity contribution in [3.05, 3.63) is 69.0 Å². The molecule has 8 heterocycles. The minimum atomic E-state index is 0.454. The van der Waals surface area contributed by atoms with E-state index in [1.54, 1.807) is 0 Å². The molecule has 4 atom stereocenters. The molecule has 6 aliphatic heterocycles. The summed E-state index contributed by atoms with van der Waals surface area (Å²) in [7, 11) is 0. The zero-order chi connectivity index (χ0) is 29.4. The van der Waals surface area contributed by atoms with Gasteiger partial charge in [0.25, 0.3) is 0 Å². The molecule has 2 aromatic heterocycles. The highest BCUT2D eigenvalue weighted by molar-refractivity contribution is 6.31. The summed E-state index contributed by atoms with van der Waals surface area (Å²) in [5.41, 5.74) is 8.18. The van der Waals surface area contributed by atoms with E-state index in [1.807, 2.05) is 12.1 Å². The second kappa shape index (κ2) is 11.3. The molecule has 0 spiro atoms. The molecule has 0 bridgehead atoms. The molecular formula is C34H40Cl2N6O2. The summed E-state index contributed by atoms with van der Waals surface area (Å²) in [6.45, 7) is 10.2. The van der Waals surface area contributed by atoms with Crippen LogP contribution in [-0.2, 0) is 22.3 Å². The highest BCUT2D eigenvalue weighted by Crippen LogP contribution is 2.42. The van der Waals surface area contributed by atoms with Crippen molar-refractivity contribution in [2.24, 2.45) is 0 Å². The van der Waals surface area contributed by atoms with Gasteiger partial charge in [-0.05, 0) is 61.1 Å². The maximum atomic E-state index is 6.16. The maximum absolute atomic E-state index is 6.16. The molecule has 0 aliphatic carbocycles. The molecule has 4 saturated heterocycles. The molecule has 2 aromatic carbocycles. The number of nitrogens with one attached hydrogen (secondary N) is 2. The fraction of sp³-hybridized carbons (Fsp3) is 0.529. The van der Waals surface area contributed by atoms with Gasteiger partial charge in [0, 0.05) is 82.5 Å².